The van der Waals surface area contributed by atoms with E-state index in [1.807, 2.05) is 13.8 Å². The second-order valence-corrected chi connectivity index (χ2v) is 4.41. The van der Waals surface area contributed by atoms with Crippen LogP contribution in [-0.4, -0.2) is 24.3 Å². The van der Waals surface area contributed by atoms with Crippen molar-refractivity contribution in [3.05, 3.63) is 22.7 Å². The lowest BCUT2D eigenvalue weighted by Gasteiger charge is -2.17. The molecule has 3 N–H and O–H groups in total. The van der Waals surface area contributed by atoms with Crippen LogP contribution in [-0.2, 0) is 4.79 Å². The average molecular weight is 274 g/mol. The molecular weight excluding hydrogens is 258 g/mol. The Morgan fingerprint density at radius 2 is 2.00 bits per heavy atom. The number of carboxylic acids is 1. The zero-order valence-corrected chi connectivity index (χ0v) is 11.2. The van der Waals surface area contributed by atoms with Crippen molar-refractivity contribution in [2.45, 2.75) is 26.0 Å². The van der Waals surface area contributed by atoms with Crippen LogP contribution < -0.4 is 15.2 Å². The zero-order chi connectivity index (χ0) is 13.9. The summed E-state index contributed by atoms with van der Waals surface area (Å²) in [5, 5.41) is 9.14. The minimum absolute atomic E-state index is 0.0750. The molecule has 1 atom stereocenters. The molecule has 0 amide bonds. The summed E-state index contributed by atoms with van der Waals surface area (Å²) in [7, 11) is 1.48. The van der Waals surface area contributed by atoms with Crippen LogP contribution in [0.2, 0.25) is 5.02 Å². The largest absolute Gasteiger partial charge is 0.493 e. The molecule has 1 unspecified atom stereocenters. The Morgan fingerprint density at radius 1 is 1.39 bits per heavy atom. The summed E-state index contributed by atoms with van der Waals surface area (Å²) in [6, 6.07) is 1.80. The van der Waals surface area contributed by atoms with Gasteiger partial charge in [0.2, 0.25) is 0 Å². The number of ether oxygens (including phenoxy) is 2. The van der Waals surface area contributed by atoms with Gasteiger partial charge in [-0.2, -0.15) is 0 Å². The molecule has 0 radical (unpaired) electrons. The van der Waals surface area contributed by atoms with Gasteiger partial charge in [-0.3, -0.25) is 4.79 Å². The molecule has 6 heteroatoms. The SMILES string of the molecule is COc1cc(Cl)c(C(N)C(=O)O)cc1OC(C)C. The highest BCUT2D eigenvalue weighted by Gasteiger charge is 2.21. The Labute approximate surface area is 110 Å². The highest BCUT2D eigenvalue weighted by atomic mass is 35.5. The zero-order valence-electron chi connectivity index (χ0n) is 10.4. The van der Waals surface area contributed by atoms with Gasteiger partial charge in [0, 0.05) is 16.7 Å². The van der Waals surface area contributed by atoms with E-state index in [1.165, 1.54) is 19.2 Å². The van der Waals surface area contributed by atoms with Gasteiger partial charge in [0.25, 0.3) is 0 Å². The summed E-state index contributed by atoms with van der Waals surface area (Å²) in [5.41, 5.74) is 5.84. The van der Waals surface area contributed by atoms with E-state index in [0.29, 0.717) is 17.1 Å². The molecule has 0 saturated carbocycles. The third-order valence-corrected chi connectivity index (χ3v) is 2.57. The van der Waals surface area contributed by atoms with Gasteiger partial charge in [-0.15, -0.1) is 0 Å². The fourth-order valence-electron chi connectivity index (χ4n) is 1.43. The van der Waals surface area contributed by atoms with Gasteiger partial charge in [-0.25, -0.2) is 0 Å². The van der Waals surface area contributed by atoms with Crippen molar-refractivity contribution in [1.29, 1.82) is 0 Å². The normalized spacial score (nSPS) is 12.3. The first-order valence-electron chi connectivity index (χ1n) is 5.39. The predicted molar refractivity (Wildman–Crippen MR) is 68.3 cm³/mol. The number of nitrogens with two attached hydrogens (primary N) is 1. The maximum atomic E-state index is 10.9. The molecule has 1 aromatic carbocycles. The number of methoxy groups -OCH3 is 1. The Balaban J connectivity index is 3.24. The molecule has 0 aromatic heterocycles. The van der Waals surface area contributed by atoms with Crippen molar-refractivity contribution < 1.29 is 19.4 Å². The molecule has 1 aromatic rings. The fraction of sp³-hybridized carbons (Fsp3) is 0.417. The van der Waals surface area contributed by atoms with Crippen LogP contribution >= 0.6 is 11.6 Å². The molecular formula is C12H16ClNO4. The quantitative estimate of drug-likeness (QED) is 0.860. The molecule has 0 fully saturated rings. The summed E-state index contributed by atoms with van der Waals surface area (Å²) < 4.78 is 10.7. The number of carbonyl (C=O) groups is 1. The average Bonchev–Trinajstić information content (AvgIpc) is 2.29. The smallest absolute Gasteiger partial charge is 0.325 e. The van der Waals surface area contributed by atoms with Crippen molar-refractivity contribution in [3.8, 4) is 11.5 Å². The van der Waals surface area contributed by atoms with E-state index < -0.39 is 12.0 Å². The first-order chi connectivity index (χ1) is 8.36. The predicted octanol–water partition coefficient (Wildman–Crippen LogP) is 2.22. The molecule has 1 rings (SSSR count). The molecule has 0 aliphatic heterocycles. The topological polar surface area (TPSA) is 81.8 Å². The molecule has 0 saturated heterocycles. The van der Waals surface area contributed by atoms with Gasteiger partial charge in [0.05, 0.1) is 13.2 Å². The standard InChI is InChI=1S/C12H16ClNO4/c1-6(2)18-10-4-7(11(14)12(15)16)8(13)5-9(10)17-3/h4-6,11H,14H2,1-3H3,(H,15,16). The molecule has 0 aliphatic carbocycles. The Hall–Kier alpha value is -1.46. The Morgan fingerprint density at radius 3 is 2.44 bits per heavy atom. The highest BCUT2D eigenvalue weighted by Crippen LogP contribution is 2.36. The fourth-order valence-corrected chi connectivity index (χ4v) is 1.70. The van der Waals surface area contributed by atoms with Crippen molar-refractivity contribution in [2.24, 2.45) is 5.73 Å². The summed E-state index contributed by atoms with van der Waals surface area (Å²) in [5.74, 6) is -0.295. The second kappa shape index (κ2) is 5.93. The molecule has 18 heavy (non-hydrogen) atoms. The van der Waals surface area contributed by atoms with E-state index in [2.05, 4.69) is 0 Å². The number of halogens is 1. The first kappa shape index (κ1) is 14.6. The molecule has 0 spiro atoms. The van der Waals surface area contributed by atoms with E-state index in [-0.39, 0.29) is 11.1 Å². The summed E-state index contributed by atoms with van der Waals surface area (Å²) >= 11 is 5.98. The highest BCUT2D eigenvalue weighted by molar-refractivity contribution is 6.31. The molecule has 0 aliphatic rings. The summed E-state index contributed by atoms with van der Waals surface area (Å²) in [6.45, 7) is 3.70. The van der Waals surface area contributed by atoms with Crippen LogP contribution in [0.5, 0.6) is 11.5 Å². The number of aliphatic carboxylic acids is 1. The molecule has 0 heterocycles. The van der Waals surface area contributed by atoms with E-state index in [4.69, 9.17) is 31.9 Å². The van der Waals surface area contributed by atoms with Crippen LogP contribution in [0.1, 0.15) is 25.5 Å². The third-order valence-electron chi connectivity index (χ3n) is 2.25. The molecule has 0 bridgehead atoms. The van der Waals surface area contributed by atoms with Gasteiger partial charge < -0.3 is 20.3 Å². The van der Waals surface area contributed by atoms with Crippen molar-refractivity contribution >= 4 is 17.6 Å². The van der Waals surface area contributed by atoms with E-state index >= 15 is 0 Å². The van der Waals surface area contributed by atoms with Crippen LogP contribution in [0.15, 0.2) is 12.1 Å². The van der Waals surface area contributed by atoms with Crippen LogP contribution in [0.4, 0.5) is 0 Å². The van der Waals surface area contributed by atoms with Gasteiger partial charge in [0.15, 0.2) is 11.5 Å². The van der Waals surface area contributed by atoms with Gasteiger partial charge in [-0.05, 0) is 19.9 Å². The number of rotatable bonds is 5. The van der Waals surface area contributed by atoms with E-state index in [0.717, 1.165) is 0 Å². The van der Waals surface area contributed by atoms with Crippen molar-refractivity contribution in [1.82, 2.24) is 0 Å². The second-order valence-electron chi connectivity index (χ2n) is 4.01. The summed E-state index contributed by atoms with van der Waals surface area (Å²) in [6.07, 6.45) is -0.0750. The molecule has 5 nitrogen and oxygen atoms in total. The van der Waals surface area contributed by atoms with Crippen LogP contribution in [0, 0.1) is 0 Å². The number of hydrogen-bond donors (Lipinski definition) is 2. The maximum Gasteiger partial charge on any atom is 0.325 e. The van der Waals surface area contributed by atoms with Gasteiger partial charge >= 0.3 is 5.97 Å². The van der Waals surface area contributed by atoms with Gasteiger partial charge in [0.1, 0.15) is 6.04 Å². The lowest BCUT2D eigenvalue weighted by molar-refractivity contribution is -0.138. The van der Waals surface area contributed by atoms with Gasteiger partial charge in [-0.1, -0.05) is 11.6 Å². The lowest BCUT2D eigenvalue weighted by atomic mass is 10.1. The Kier molecular flexibility index (Phi) is 4.81. The van der Waals surface area contributed by atoms with Crippen molar-refractivity contribution in [2.75, 3.05) is 7.11 Å². The van der Waals surface area contributed by atoms with Crippen LogP contribution in [0.25, 0.3) is 0 Å². The minimum atomic E-state index is -1.20. The minimum Gasteiger partial charge on any atom is -0.493 e. The number of benzene rings is 1. The van der Waals surface area contributed by atoms with E-state index in [9.17, 15) is 4.79 Å². The lowest BCUT2D eigenvalue weighted by Crippen LogP contribution is -2.21. The maximum absolute atomic E-state index is 10.9. The Bertz CT molecular complexity index is 448. The monoisotopic (exact) mass is 273 g/mol. The van der Waals surface area contributed by atoms with E-state index in [1.54, 1.807) is 0 Å². The number of hydrogen-bond acceptors (Lipinski definition) is 4. The van der Waals surface area contributed by atoms with Crippen LogP contribution in [0.3, 0.4) is 0 Å². The number of carboxylic acid groups (broad SMARTS) is 1. The molecule has 100 valence electrons. The third kappa shape index (κ3) is 3.27. The van der Waals surface area contributed by atoms with Crippen molar-refractivity contribution in [3.63, 3.8) is 0 Å². The first-order valence-corrected chi connectivity index (χ1v) is 5.77. The summed E-state index contributed by atoms with van der Waals surface area (Å²) in [4.78, 5) is 10.9.